The van der Waals surface area contributed by atoms with Crippen LogP contribution in [0, 0.1) is 11.8 Å². The van der Waals surface area contributed by atoms with Gasteiger partial charge in [0.15, 0.2) is 17.8 Å². The third-order valence-electron chi connectivity index (χ3n) is 7.75. The molecule has 45 heavy (non-hydrogen) atoms. The number of hydrogen-bond acceptors (Lipinski definition) is 11. The highest BCUT2D eigenvalue weighted by Gasteiger charge is 2.44. The van der Waals surface area contributed by atoms with Crippen molar-refractivity contribution in [2.75, 3.05) is 40.1 Å². The zero-order valence-electron chi connectivity index (χ0n) is 25.3. The number of ether oxygens (including phenoxy) is 6. The standard InChI is InChI=1S/C30H39N3O11S/c1-18(2)14-33(45(37,38)21-8-9-25-26(13-21)42-17-41-25)15-24(34)23(12-19-4-6-20(7-5-19)43-29(35)31-3)32-30(36)44-27-16-40-28-22(27)10-11-39-28/h4-9,13,18,22-24,27-28,34H,10-12,14-17H2,1-3H3,(H,31,35)(H,32,36)/t22-,23-,24-,27-,28+/m0/s1. The molecule has 5 atom stereocenters. The van der Waals surface area contributed by atoms with E-state index in [0.717, 1.165) is 0 Å². The van der Waals surface area contributed by atoms with E-state index in [0.29, 0.717) is 35.8 Å². The fraction of sp³-hybridized carbons (Fsp3) is 0.533. The van der Waals surface area contributed by atoms with Crippen molar-refractivity contribution < 1.29 is 51.5 Å². The van der Waals surface area contributed by atoms with E-state index < -0.39 is 46.7 Å². The second-order valence-electron chi connectivity index (χ2n) is 11.5. The predicted molar refractivity (Wildman–Crippen MR) is 158 cm³/mol. The smallest absolute Gasteiger partial charge is 0.412 e. The Morgan fingerprint density at radius 1 is 1.04 bits per heavy atom. The summed E-state index contributed by atoms with van der Waals surface area (Å²) in [7, 11) is -2.64. The molecule has 0 saturated carbocycles. The van der Waals surface area contributed by atoms with Crippen LogP contribution in [-0.2, 0) is 30.7 Å². The number of carbonyl (C=O) groups excluding carboxylic acids is 2. The average molecular weight is 650 g/mol. The van der Waals surface area contributed by atoms with Crippen LogP contribution in [-0.4, -0.2) is 94.7 Å². The third-order valence-corrected chi connectivity index (χ3v) is 9.57. The van der Waals surface area contributed by atoms with Gasteiger partial charge in [-0.15, -0.1) is 0 Å². The second-order valence-corrected chi connectivity index (χ2v) is 13.4. The second kappa shape index (κ2) is 14.2. The molecule has 246 valence electrons. The number of alkyl carbamates (subject to hydrolysis) is 1. The summed E-state index contributed by atoms with van der Waals surface area (Å²) >= 11 is 0. The average Bonchev–Trinajstić information content (AvgIpc) is 3.75. The van der Waals surface area contributed by atoms with Crippen molar-refractivity contribution >= 4 is 22.2 Å². The van der Waals surface area contributed by atoms with E-state index in [9.17, 15) is 23.1 Å². The maximum atomic E-state index is 13.8. The lowest BCUT2D eigenvalue weighted by Gasteiger charge is -2.31. The Morgan fingerprint density at radius 2 is 1.80 bits per heavy atom. The molecule has 2 saturated heterocycles. The number of fused-ring (bicyclic) bond motifs is 2. The Hall–Kier alpha value is -3.63. The number of nitrogens with one attached hydrogen (secondary N) is 2. The lowest BCUT2D eigenvalue weighted by Crippen LogP contribution is -2.51. The topological polar surface area (TPSA) is 171 Å². The Kier molecular flexibility index (Phi) is 10.3. The Bertz CT molecular complexity index is 1450. The fourth-order valence-corrected chi connectivity index (χ4v) is 7.10. The summed E-state index contributed by atoms with van der Waals surface area (Å²) in [6.45, 7) is 4.24. The van der Waals surface area contributed by atoms with Gasteiger partial charge in [-0.1, -0.05) is 26.0 Å². The van der Waals surface area contributed by atoms with Crippen LogP contribution in [0.15, 0.2) is 47.4 Å². The first-order valence-electron chi connectivity index (χ1n) is 14.8. The molecule has 2 amide bonds. The molecule has 0 spiro atoms. The van der Waals surface area contributed by atoms with Gasteiger partial charge in [0.25, 0.3) is 0 Å². The van der Waals surface area contributed by atoms with Crippen LogP contribution in [0.3, 0.4) is 0 Å². The van der Waals surface area contributed by atoms with Crippen molar-refractivity contribution in [3.8, 4) is 17.2 Å². The van der Waals surface area contributed by atoms with Crippen molar-refractivity contribution in [1.29, 1.82) is 0 Å². The molecule has 3 heterocycles. The summed E-state index contributed by atoms with van der Waals surface area (Å²) in [5.74, 6) is 0.907. The number of benzene rings is 2. The Morgan fingerprint density at radius 3 is 2.53 bits per heavy atom. The third kappa shape index (κ3) is 7.97. The molecule has 0 radical (unpaired) electrons. The minimum absolute atomic E-state index is 0.00296. The minimum Gasteiger partial charge on any atom is -0.454 e. The lowest BCUT2D eigenvalue weighted by atomic mass is 10.0. The molecule has 5 rings (SSSR count). The molecule has 0 unspecified atom stereocenters. The Labute approximate surface area is 261 Å². The summed E-state index contributed by atoms with van der Waals surface area (Å²) in [4.78, 5) is 24.7. The number of aliphatic hydroxyl groups is 1. The molecular weight excluding hydrogens is 610 g/mol. The summed E-state index contributed by atoms with van der Waals surface area (Å²) in [6.07, 6.45) is -2.85. The van der Waals surface area contributed by atoms with Crippen LogP contribution in [0.4, 0.5) is 9.59 Å². The van der Waals surface area contributed by atoms with Gasteiger partial charge >= 0.3 is 12.2 Å². The zero-order valence-corrected chi connectivity index (χ0v) is 26.2. The molecule has 2 aromatic carbocycles. The minimum atomic E-state index is -4.09. The maximum Gasteiger partial charge on any atom is 0.412 e. The Balaban J connectivity index is 1.34. The van der Waals surface area contributed by atoms with Crippen molar-refractivity contribution in [2.24, 2.45) is 11.8 Å². The molecule has 3 N–H and O–H groups in total. The first kappa shape index (κ1) is 32.8. The van der Waals surface area contributed by atoms with Gasteiger partial charge in [0.1, 0.15) is 11.9 Å². The molecule has 3 aliphatic rings. The number of nitrogens with zero attached hydrogens (tertiary/aromatic N) is 1. The highest BCUT2D eigenvalue weighted by atomic mass is 32.2. The van der Waals surface area contributed by atoms with Crippen molar-refractivity contribution in [2.45, 2.75) is 56.1 Å². The van der Waals surface area contributed by atoms with Crippen molar-refractivity contribution in [3.05, 3.63) is 48.0 Å². The van der Waals surface area contributed by atoms with E-state index in [-0.39, 0.29) is 49.6 Å². The number of amides is 2. The largest absolute Gasteiger partial charge is 0.454 e. The summed E-state index contributed by atoms with van der Waals surface area (Å²) in [6, 6.07) is 9.94. The van der Waals surface area contributed by atoms with E-state index in [2.05, 4.69) is 10.6 Å². The quantitative estimate of drug-likeness (QED) is 0.308. The number of carbonyl (C=O) groups is 2. The van der Waals surface area contributed by atoms with Crippen LogP contribution in [0.2, 0.25) is 0 Å². The van der Waals surface area contributed by atoms with Gasteiger partial charge in [-0.25, -0.2) is 18.0 Å². The molecule has 2 aromatic rings. The van der Waals surface area contributed by atoms with Crippen molar-refractivity contribution in [1.82, 2.24) is 14.9 Å². The molecule has 15 heteroatoms. The molecule has 3 aliphatic heterocycles. The van der Waals surface area contributed by atoms with E-state index in [1.54, 1.807) is 24.3 Å². The van der Waals surface area contributed by atoms with Gasteiger partial charge in [0.2, 0.25) is 16.8 Å². The first-order valence-corrected chi connectivity index (χ1v) is 16.2. The van der Waals surface area contributed by atoms with Crippen molar-refractivity contribution in [3.63, 3.8) is 0 Å². The normalized spacial score (nSPS) is 21.8. The van der Waals surface area contributed by atoms with Crippen LogP contribution < -0.4 is 24.8 Å². The van der Waals surface area contributed by atoms with Gasteiger partial charge in [0, 0.05) is 26.2 Å². The summed E-state index contributed by atoms with van der Waals surface area (Å²) in [5.41, 5.74) is 0.686. The van der Waals surface area contributed by atoms with Gasteiger partial charge in [-0.05, 0) is 48.6 Å². The van der Waals surface area contributed by atoms with E-state index >= 15 is 0 Å². The summed E-state index contributed by atoms with van der Waals surface area (Å²) < 4.78 is 61.5. The number of aliphatic hydroxyl groups excluding tert-OH is 1. The number of rotatable bonds is 12. The highest BCUT2D eigenvalue weighted by Crippen LogP contribution is 2.35. The first-order chi connectivity index (χ1) is 21.5. The molecular formula is C30H39N3O11S. The van der Waals surface area contributed by atoms with Gasteiger partial charge in [-0.2, -0.15) is 4.31 Å². The van der Waals surface area contributed by atoms with E-state index in [1.165, 1.54) is 29.6 Å². The number of hydrogen-bond donors (Lipinski definition) is 3. The molecule has 14 nitrogen and oxygen atoms in total. The predicted octanol–water partition coefficient (Wildman–Crippen LogP) is 2.24. The van der Waals surface area contributed by atoms with Crippen LogP contribution in [0.5, 0.6) is 17.2 Å². The van der Waals surface area contributed by atoms with Crippen LogP contribution >= 0.6 is 0 Å². The molecule has 2 fully saturated rings. The van der Waals surface area contributed by atoms with Gasteiger partial charge in [0.05, 0.1) is 36.2 Å². The molecule has 0 aliphatic carbocycles. The van der Waals surface area contributed by atoms with Gasteiger partial charge in [-0.3, -0.25) is 0 Å². The fourth-order valence-electron chi connectivity index (χ4n) is 5.46. The van der Waals surface area contributed by atoms with Crippen LogP contribution in [0.25, 0.3) is 0 Å². The van der Waals surface area contributed by atoms with E-state index in [4.69, 9.17) is 28.4 Å². The highest BCUT2D eigenvalue weighted by molar-refractivity contribution is 7.89. The monoisotopic (exact) mass is 649 g/mol. The van der Waals surface area contributed by atoms with Crippen LogP contribution in [0.1, 0.15) is 25.8 Å². The van der Waals surface area contributed by atoms with E-state index in [1.807, 2.05) is 13.8 Å². The number of sulfonamides is 1. The zero-order chi connectivity index (χ0) is 32.1. The molecule has 0 bridgehead atoms. The lowest BCUT2D eigenvalue weighted by molar-refractivity contribution is -0.0907. The summed E-state index contributed by atoms with van der Waals surface area (Å²) in [5, 5.41) is 16.7. The molecule has 0 aromatic heterocycles. The van der Waals surface area contributed by atoms with Gasteiger partial charge < -0.3 is 44.2 Å². The SMILES string of the molecule is CNC(=O)Oc1ccc(C[C@H](NC(=O)O[C@H]2CO[C@H]3OCC[C@H]32)[C@@H](O)CN(CC(C)C)S(=O)(=O)c2ccc3c(c2)OCO3)cc1. The maximum absolute atomic E-state index is 13.8.